The first-order valence-electron chi connectivity index (χ1n) is 12.8. The van der Waals surface area contributed by atoms with Crippen LogP contribution in [-0.4, -0.2) is 59.1 Å². The van der Waals surface area contributed by atoms with E-state index in [9.17, 15) is 27.9 Å². The van der Waals surface area contributed by atoms with Crippen molar-refractivity contribution < 1.29 is 37.4 Å². The zero-order valence-corrected chi connectivity index (χ0v) is 24.4. The molecule has 0 saturated carbocycles. The summed E-state index contributed by atoms with van der Waals surface area (Å²) in [5.41, 5.74) is 1.64. The first-order chi connectivity index (χ1) is 18.6. The van der Waals surface area contributed by atoms with E-state index in [1.54, 1.807) is 71.0 Å². The number of aryl methyl sites for hydroxylation is 3. The van der Waals surface area contributed by atoms with Crippen LogP contribution in [0.25, 0.3) is 10.9 Å². The summed E-state index contributed by atoms with van der Waals surface area (Å²) in [5.74, 6) is -2.88. The molecule has 1 fully saturated rings. The first-order valence-corrected chi connectivity index (χ1v) is 14.3. The minimum Gasteiger partial charge on any atom is -0.467 e. The second-order valence-corrected chi connectivity index (χ2v) is 12.9. The second kappa shape index (κ2) is 10.4. The van der Waals surface area contributed by atoms with Crippen molar-refractivity contribution in [2.24, 2.45) is 5.92 Å². The van der Waals surface area contributed by atoms with Crippen LogP contribution >= 0.6 is 0 Å². The topological polar surface area (TPSA) is 132 Å². The fraction of sp³-hybridized carbons (Fsp3) is 0.414. The molecular weight excluding hydrogens is 536 g/mol. The number of esters is 1. The predicted octanol–water partition coefficient (Wildman–Crippen LogP) is 4.16. The number of aromatic nitrogens is 1. The standard InChI is InChI=1S/C29H34N2O8S/c1-16-12-17(2)25(18(3)13-16)40(36,37)30-15-21(19-10-8-9-11-22(19)30)24(32)20-14-23(27(34)38-7)31(26(20)33)28(35)39-29(4,5)6/h8-13,15,20,23-24,32H,14H2,1-7H3/t20?,23-,24?/m0/s1. The van der Waals surface area contributed by atoms with E-state index in [2.05, 4.69) is 0 Å². The number of amides is 2. The van der Waals surface area contributed by atoms with E-state index in [4.69, 9.17) is 9.47 Å². The summed E-state index contributed by atoms with van der Waals surface area (Å²) in [5, 5.41) is 11.9. The molecule has 10 nitrogen and oxygen atoms in total. The summed E-state index contributed by atoms with van der Waals surface area (Å²) in [4.78, 5) is 39.8. The van der Waals surface area contributed by atoms with E-state index >= 15 is 0 Å². The zero-order chi connectivity index (χ0) is 29.7. The molecule has 3 aromatic rings. The largest absolute Gasteiger partial charge is 0.467 e. The number of ether oxygens (including phenoxy) is 2. The van der Waals surface area contributed by atoms with Gasteiger partial charge in [-0.1, -0.05) is 35.9 Å². The minimum absolute atomic E-state index is 0.152. The monoisotopic (exact) mass is 570 g/mol. The van der Waals surface area contributed by atoms with Crippen molar-refractivity contribution in [3.05, 3.63) is 64.8 Å². The molecule has 0 aliphatic carbocycles. The molecule has 1 aliphatic rings. The third-order valence-electron chi connectivity index (χ3n) is 6.94. The lowest BCUT2D eigenvalue weighted by Gasteiger charge is -2.26. The number of fused-ring (bicyclic) bond motifs is 1. The lowest BCUT2D eigenvalue weighted by Crippen LogP contribution is -2.46. The van der Waals surface area contributed by atoms with Gasteiger partial charge in [0.15, 0.2) is 0 Å². The summed E-state index contributed by atoms with van der Waals surface area (Å²) >= 11 is 0. The van der Waals surface area contributed by atoms with Gasteiger partial charge in [-0.3, -0.25) is 4.79 Å². The fourth-order valence-electron chi connectivity index (χ4n) is 5.41. The Balaban J connectivity index is 1.81. The van der Waals surface area contributed by atoms with Crippen LogP contribution < -0.4 is 0 Å². The summed E-state index contributed by atoms with van der Waals surface area (Å²) in [6.07, 6.45) is -1.49. The SMILES string of the molecule is COC(=O)[C@@H]1CC(C(O)c2cn(S(=O)(=O)c3c(C)cc(C)cc3C)c3ccccc23)C(=O)N1C(=O)OC(C)(C)C. The number of aliphatic hydroxyl groups is 1. The van der Waals surface area contributed by atoms with Crippen LogP contribution in [0, 0.1) is 26.7 Å². The van der Waals surface area contributed by atoms with Crippen molar-refractivity contribution in [3.63, 3.8) is 0 Å². The molecule has 11 heteroatoms. The third-order valence-corrected chi connectivity index (χ3v) is 8.92. The van der Waals surface area contributed by atoms with Crippen molar-refractivity contribution >= 4 is 38.9 Å². The lowest BCUT2D eigenvalue weighted by molar-refractivity contribution is -0.149. The maximum Gasteiger partial charge on any atom is 0.417 e. The molecule has 4 rings (SSSR count). The van der Waals surface area contributed by atoms with Gasteiger partial charge in [-0.15, -0.1) is 0 Å². The average Bonchev–Trinajstić information content (AvgIpc) is 3.40. The Labute approximate surface area is 233 Å². The fourth-order valence-corrected chi connectivity index (χ4v) is 7.21. The average molecular weight is 571 g/mol. The van der Waals surface area contributed by atoms with E-state index in [-0.39, 0.29) is 16.9 Å². The lowest BCUT2D eigenvalue weighted by atomic mass is 9.92. The van der Waals surface area contributed by atoms with Crippen molar-refractivity contribution in [3.8, 4) is 0 Å². The van der Waals surface area contributed by atoms with Gasteiger partial charge in [-0.2, -0.15) is 0 Å². The second-order valence-electron chi connectivity index (χ2n) is 11.1. The van der Waals surface area contributed by atoms with E-state index in [0.717, 1.165) is 16.6 Å². The molecule has 2 amide bonds. The highest BCUT2D eigenvalue weighted by Crippen LogP contribution is 2.40. The number of methoxy groups -OCH3 is 1. The normalized spacial score (nSPS) is 18.7. The van der Waals surface area contributed by atoms with Gasteiger partial charge in [0.05, 0.1) is 29.5 Å². The van der Waals surface area contributed by atoms with Gasteiger partial charge < -0.3 is 14.6 Å². The molecule has 214 valence electrons. The molecule has 0 radical (unpaired) electrons. The Morgan fingerprint density at radius 3 is 2.25 bits per heavy atom. The minimum atomic E-state index is -4.10. The number of rotatable bonds is 5. The van der Waals surface area contributed by atoms with Gasteiger partial charge in [-0.05, 0) is 65.2 Å². The number of hydrogen-bond acceptors (Lipinski definition) is 8. The number of carbonyl (C=O) groups is 3. The maximum atomic E-state index is 14.0. The summed E-state index contributed by atoms with van der Waals surface area (Å²) < 4.78 is 39.2. The molecule has 40 heavy (non-hydrogen) atoms. The highest BCUT2D eigenvalue weighted by Gasteiger charge is 2.51. The van der Waals surface area contributed by atoms with Gasteiger partial charge >= 0.3 is 12.1 Å². The van der Waals surface area contributed by atoms with Gasteiger partial charge in [0, 0.05) is 17.1 Å². The van der Waals surface area contributed by atoms with Crippen LogP contribution in [-0.2, 0) is 29.1 Å². The van der Waals surface area contributed by atoms with Crippen molar-refractivity contribution in [1.82, 2.24) is 8.87 Å². The van der Waals surface area contributed by atoms with Crippen LogP contribution in [0.3, 0.4) is 0 Å². The molecular formula is C29H34N2O8S. The Morgan fingerprint density at radius 1 is 1.07 bits per heavy atom. The quantitative estimate of drug-likeness (QED) is 0.452. The molecule has 2 unspecified atom stereocenters. The van der Waals surface area contributed by atoms with Crippen molar-refractivity contribution in [2.45, 2.75) is 70.6 Å². The smallest absolute Gasteiger partial charge is 0.417 e. The Kier molecular flexibility index (Phi) is 7.59. The van der Waals surface area contributed by atoms with E-state index in [0.29, 0.717) is 26.9 Å². The number of para-hydroxylation sites is 1. The van der Waals surface area contributed by atoms with E-state index in [1.807, 2.05) is 6.92 Å². The summed E-state index contributed by atoms with van der Waals surface area (Å²) in [6, 6.07) is 8.91. The van der Waals surface area contributed by atoms with E-state index in [1.165, 1.54) is 6.20 Å². The number of nitrogens with zero attached hydrogens (tertiary/aromatic N) is 2. The van der Waals surface area contributed by atoms with Gasteiger partial charge in [-0.25, -0.2) is 26.9 Å². The maximum absolute atomic E-state index is 14.0. The first kappa shape index (κ1) is 29.3. The van der Waals surface area contributed by atoms with Crippen LogP contribution in [0.15, 0.2) is 47.5 Å². The third kappa shape index (κ3) is 5.11. The van der Waals surface area contributed by atoms with Crippen LogP contribution in [0.5, 0.6) is 0 Å². The molecule has 1 aromatic heterocycles. The number of benzene rings is 2. The molecule has 1 aliphatic heterocycles. The molecule has 0 bridgehead atoms. The Bertz CT molecular complexity index is 1590. The van der Waals surface area contributed by atoms with Gasteiger partial charge in [0.2, 0.25) is 5.91 Å². The van der Waals surface area contributed by atoms with E-state index < -0.39 is 51.7 Å². The number of carbonyl (C=O) groups excluding carboxylic acids is 3. The predicted molar refractivity (Wildman–Crippen MR) is 147 cm³/mol. The molecule has 3 atom stereocenters. The number of imide groups is 1. The summed E-state index contributed by atoms with van der Waals surface area (Å²) in [6.45, 7) is 10.2. The Hall–Kier alpha value is -3.70. The highest BCUT2D eigenvalue weighted by molar-refractivity contribution is 7.90. The molecule has 1 saturated heterocycles. The van der Waals surface area contributed by atoms with Crippen molar-refractivity contribution in [1.29, 1.82) is 0 Å². The highest BCUT2D eigenvalue weighted by atomic mass is 32.2. The van der Waals surface area contributed by atoms with Crippen LogP contribution in [0.1, 0.15) is 55.5 Å². The van der Waals surface area contributed by atoms with Crippen LogP contribution in [0.4, 0.5) is 4.79 Å². The van der Waals surface area contributed by atoms with Crippen molar-refractivity contribution in [2.75, 3.05) is 7.11 Å². The Morgan fingerprint density at radius 2 is 1.68 bits per heavy atom. The number of aliphatic hydroxyl groups excluding tert-OH is 1. The zero-order valence-electron chi connectivity index (χ0n) is 23.6. The summed E-state index contributed by atoms with van der Waals surface area (Å²) in [7, 11) is -2.97. The number of hydrogen-bond donors (Lipinski definition) is 1. The molecule has 0 spiro atoms. The van der Waals surface area contributed by atoms with Gasteiger partial charge in [0.25, 0.3) is 10.0 Å². The number of likely N-dealkylation sites (tertiary alicyclic amines) is 1. The molecule has 2 heterocycles. The van der Waals surface area contributed by atoms with Gasteiger partial charge in [0.1, 0.15) is 11.6 Å². The van der Waals surface area contributed by atoms with Crippen LogP contribution in [0.2, 0.25) is 0 Å². The molecule has 2 aromatic carbocycles. The molecule has 1 N–H and O–H groups in total.